The summed E-state index contributed by atoms with van der Waals surface area (Å²) in [4.78, 5) is 2.63. The minimum atomic E-state index is -2.89. The van der Waals surface area contributed by atoms with Crippen LogP contribution in [0.4, 0.5) is 0 Å². The lowest BCUT2D eigenvalue weighted by Gasteiger charge is -2.43. The van der Waals surface area contributed by atoms with E-state index < -0.39 is 9.84 Å². The van der Waals surface area contributed by atoms with E-state index in [2.05, 4.69) is 11.8 Å². The van der Waals surface area contributed by atoms with Crippen molar-refractivity contribution in [3.8, 4) is 0 Å². The maximum absolute atomic E-state index is 11.9. The zero-order valence-corrected chi connectivity index (χ0v) is 14.4. The van der Waals surface area contributed by atoms with Gasteiger partial charge in [-0.05, 0) is 57.9 Å². The van der Waals surface area contributed by atoms with Crippen LogP contribution >= 0.6 is 0 Å². The Balaban J connectivity index is 2.03. The van der Waals surface area contributed by atoms with Crippen LogP contribution in [0.25, 0.3) is 0 Å². The molecule has 2 unspecified atom stereocenters. The molecular formula is C16H32N2O2S. The van der Waals surface area contributed by atoms with E-state index >= 15 is 0 Å². The topological polar surface area (TPSA) is 63.4 Å². The van der Waals surface area contributed by atoms with Crippen LogP contribution in [0.2, 0.25) is 0 Å². The maximum Gasteiger partial charge on any atom is 0.150 e. The third-order valence-corrected chi connectivity index (χ3v) is 7.00. The van der Waals surface area contributed by atoms with Gasteiger partial charge < -0.3 is 5.73 Å². The third kappa shape index (κ3) is 4.67. The molecule has 4 nitrogen and oxygen atoms in total. The summed E-state index contributed by atoms with van der Waals surface area (Å²) in [6.07, 6.45) is 11.0. The lowest BCUT2D eigenvalue weighted by atomic mass is 9.86. The molecular weight excluding hydrogens is 284 g/mol. The SMILES string of the molecule is CCCN(C1CCC(N)CC1)C1CCCC(S(C)(=O)=O)C1. The summed E-state index contributed by atoms with van der Waals surface area (Å²) >= 11 is 0. The normalized spacial score (nSPS) is 35.0. The van der Waals surface area contributed by atoms with Crippen LogP contribution in [-0.2, 0) is 9.84 Å². The molecule has 21 heavy (non-hydrogen) atoms. The van der Waals surface area contributed by atoms with Crippen LogP contribution in [0.5, 0.6) is 0 Å². The highest BCUT2D eigenvalue weighted by molar-refractivity contribution is 7.91. The minimum Gasteiger partial charge on any atom is -0.328 e. The van der Waals surface area contributed by atoms with Crippen LogP contribution in [0.3, 0.4) is 0 Å². The number of hydrogen-bond acceptors (Lipinski definition) is 4. The molecule has 2 saturated carbocycles. The van der Waals surface area contributed by atoms with Gasteiger partial charge in [-0.15, -0.1) is 0 Å². The fraction of sp³-hybridized carbons (Fsp3) is 1.00. The highest BCUT2D eigenvalue weighted by Gasteiger charge is 2.35. The first-order valence-electron chi connectivity index (χ1n) is 8.62. The minimum absolute atomic E-state index is 0.124. The predicted molar refractivity (Wildman–Crippen MR) is 88.1 cm³/mol. The molecule has 2 N–H and O–H groups in total. The fourth-order valence-corrected chi connectivity index (χ4v) is 5.33. The second-order valence-corrected chi connectivity index (χ2v) is 9.40. The van der Waals surface area contributed by atoms with Crippen molar-refractivity contribution < 1.29 is 8.42 Å². The molecule has 2 aliphatic rings. The summed E-state index contributed by atoms with van der Waals surface area (Å²) in [7, 11) is -2.89. The van der Waals surface area contributed by atoms with Gasteiger partial charge in [0.05, 0.1) is 5.25 Å². The van der Waals surface area contributed by atoms with Crippen molar-refractivity contribution in [2.24, 2.45) is 5.73 Å². The lowest BCUT2D eigenvalue weighted by molar-refractivity contribution is 0.0785. The molecule has 0 bridgehead atoms. The molecule has 0 amide bonds. The Morgan fingerprint density at radius 2 is 1.71 bits per heavy atom. The molecule has 0 saturated heterocycles. The van der Waals surface area contributed by atoms with Crippen molar-refractivity contribution in [3.05, 3.63) is 0 Å². The van der Waals surface area contributed by atoms with Gasteiger partial charge in [0.2, 0.25) is 0 Å². The summed E-state index contributed by atoms with van der Waals surface area (Å²) in [5.41, 5.74) is 6.03. The van der Waals surface area contributed by atoms with Crippen molar-refractivity contribution >= 4 is 9.84 Å². The predicted octanol–water partition coefficient (Wildman–Crippen LogP) is 2.32. The average Bonchev–Trinajstić information content (AvgIpc) is 2.45. The van der Waals surface area contributed by atoms with E-state index in [1.54, 1.807) is 0 Å². The largest absolute Gasteiger partial charge is 0.328 e. The zero-order valence-electron chi connectivity index (χ0n) is 13.6. The van der Waals surface area contributed by atoms with E-state index in [4.69, 9.17) is 5.73 Å². The standard InChI is InChI=1S/C16H32N2O2S/c1-3-11-18(14-9-7-13(17)8-10-14)15-5-4-6-16(12-15)21(2,19)20/h13-16H,3-12,17H2,1-2H3. The molecule has 2 atom stereocenters. The van der Waals surface area contributed by atoms with Crippen molar-refractivity contribution in [2.45, 2.75) is 88.1 Å². The molecule has 2 rings (SSSR count). The summed E-state index contributed by atoms with van der Waals surface area (Å²) < 4.78 is 23.8. The first-order chi connectivity index (χ1) is 9.91. The highest BCUT2D eigenvalue weighted by atomic mass is 32.2. The van der Waals surface area contributed by atoms with Crippen LogP contribution in [0.1, 0.15) is 64.7 Å². The summed E-state index contributed by atoms with van der Waals surface area (Å²) in [6.45, 7) is 3.32. The number of sulfone groups is 1. The quantitative estimate of drug-likeness (QED) is 0.845. The molecule has 0 aromatic heterocycles. The first kappa shape index (κ1) is 17.2. The van der Waals surface area contributed by atoms with Crippen LogP contribution in [0.15, 0.2) is 0 Å². The smallest absolute Gasteiger partial charge is 0.150 e. The van der Waals surface area contributed by atoms with E-state index in [0.29, 0.717) is 18.1 Å². The number of rotatable bonds is 5. The molecule has 0 aromatic rings. The highest BCUT2D eigenvalue weighted by Crippen LogP contribution is 2.32. The van der Waals surface area contributed by atoms with Crippen LogP contribution in [0, 0.1) is 0 Å². The van der Waals surface area contributed by atoms with Gasteiger partial charge in [-0.3, -0.25) is 4.90 Å². The molecule has 124 valence electrons. The lowest BCUT2D eigenvalue weighted by Crippen LogP contribution is -2.49. The molecule has 0 radical (unpaired) electrons. The maximum atomic E-state index is 11.9. The van der Waals surface area contributed by atoms with Crippen molar-refractivity contribution in [1.29, 1.82) is 0 Å². The molecule has 0 aliphatic heterocycles. The molecule has 0 aromatic carbocycles. The van der Waals surface area contributed by atoms with Crippen LogP contribution < -0.4 is 5.73 Å². The molecule has 0 heterocycles. The van der Waals surface area contributed by atoms with Gasteiger partial charge in [0, 0.05) is 24.4 Å². The Hall–Kier alpha value is -0.130. The summed E-state index contributed by atoms with van der Waals surface area (Å²) in [5.74, 6) is 0. The van der Waals surface area contributed by atoms with Crippen molar-refractivity contribution in [1.82, 2.24) is 4.90 Å². The van der Waals surface area contributed by atoms with Crippen molar-refractivity contribution in [2.75, 3.05) is 12.8 Å². The van der Waals surface area contributed by atoms with E-state index in [0.717, 1.165) is 51.5 Å². The van der Waals surface area contributed by atoms with E-state index in [9.17, 15) is 8.42 Å². The second-order valence-electron chi connectivity index (χ2n) is 7.08. The van der Waals surface area contributed by atoms with E-state index in [1.165, 1.54) is 19.1 Å². The van der Waals surface area contributed by atoms with E-state index in [1.807, 2.05) is 0 Å². The first-order valence-corrected chi connectivity index (χ1v) is 10.6. The van der Waals surface area contributed by atoms with Gasteiger partial charge in [0.25, 0.3) is 0 Å². The summed E-state index contributed by atoms with van der Waals surface area (Å²) in [6, 6.07) is 1.45. The Morgan fingerprint density at radius 3 is 2.29 bits per heavy atom. The number of hydrogen-bond donors (Lipinski definition) is 1. The number of nitrogens with two attached hydrogens (primary N) is 1. The zero-order chi connectivity index (χ0) is 15.5. The molecule has 0 spiro atoms. The van der Waals surface area contributed by atoms with Gasteiger partial charge in [0.1, 0.15) is 9.84 Å². The second kappa shape index (κ2) is 7.42. The Kier molecular flexibility index (Phi) is 6.09. The fourth-order valence-electron chi connectivity index (χ4n) is 4.17. The Labute approximate surface area is 130 Å². The summed E-state index contributed by atoms with van der Waals surface area (Å²) in [5, 5.41) is -0.124. The van der Waals surface area contributed by atoms with Gasteiger partial charge in [-0.1, -0.05) is 13.3 Å². The van der Waals surface area contributed by atoms with Gasteiger partial charge in [-0.2, -0.15) is 0 Å². The molecule has 2 aliphatic carbocycles. The third-order valence-electron chi connectivity index (χ3n) is 5.37. The van der Waals surface area contributed by atoms with Crippen LogP contribution in [-0.4, -0.2) is 49.5 Å². The number of nitrogens with zero attached hydrogens (tertiary/aromatic N) is 1. The van der Waals surface area contributed by atoms with Gasteiger partial charge in [0.15, 0.2) is 0 Å². The molecule has 2 fully saturated rings. The van der Waals surface area contributed by atoms with Gasteiger partial charge in [-0.25, -0.2) is 8.42 Å². The Bertz CT molecular complexity index is 416. The monoisotopic (exact) mass is 316 g/mol. The Morgan fingerprint density at radius 1 is 1.05 bits per heavy atom. The molecule has 5 heteroatoms. The average molecular weight is 317 g/mol. The van der Waals surface area contributed by atoms with E-state index in [-0.39, 0.29) is 5.25 Å². The van der Waals surface area contributed by atoms with Crippen molar-refractivity contribution in [3.63, 3.8) is 0 Å². The van der Waals surface area contributed by atoms with Gasteiger partial charge >= 0.3 is 0 Å².